The van der Waals surface area contributed by atoms with E-state index >= 15 is 0 Å². The second kappa shape index (κ2) is 3.61. The molecule has 0 aliphatic heterocycles. The molecular weight excluding hydrogens is 104 g/mol. The summed E-state index contributed by atoms with van der Waals surface area (Å²) in [5, 5.41) is 0. The van der Waals surface area contributed by atoms with Crippen LogP contribution >= 0.6 is 0 Å². The lowest BCUT2D eigenvalue weighted by atomic mass is 10.2. The summed E-state index contributed by atoms with van der Waals surface area (Å²) < 4.78 is 4.81. The monoisotopic (exact) mass is 116 g/mol. The molecule has 0 aliphatic carbocycles. The van der Waals surface area contributed by atoms with Crippen LogP contribution in [0.2, 0.25) is 0 Å². The van der Waals surface area contributed by atoms with Gasteiger partial charge in [-0.25, -0.2) is 0 Å². The standard InChI is InChI=1S/C6H12O2/c1-4-6(8-3)5(2)7/h6H,4H2,1-3H3/t6-/m0/s1. The highest BCUT2D eigenvalue weighted by Gasteiger charge is 2.07. The predicted molar refractivity (Wildman–Crippen MR) is 31.8 cm³/mol. The van der Waals surface area contributed by atoms with Gasteiger partial charge in [0.25, 0.3) is 0 Å². The highest BCUT2D eigenvalue weighted by Crippen LogP contribution is 1.95. The Balaban J connectivity index is 3.52. The molecule has 0 amide bonds. The molecule has 0 N–H and O–H groups in total. The van der Waals surface area contributed by atoms with Crippen molar-refractivity contribution < 1.29 is 9.53 Å². The molecule has 0 rings (SSSR count). The molecule has 2 heteroatoms. The first-order chi connectivity index (χ1) is 3.72. The van der Waals surface area contributed by atoms with Crippen LogP contribution in [-0.4, -0.2) is 19.0 Å². The van der Waals surface area contributed by atoms with E-state index in [1.807, 2.05) is 6.92 Å². The number of hydrogen-bond donors (Lipinski definition) is 0. The van der Waals surface area contributed by atoms with Gasteiger partial charge in [-0.05, 0) is 13.3 Å². The van der Waals surface area contributed by atoms with Gasteiger partial charge in [0.05, 0.1) is 0 Å². The average Bonchev–Trinajstić information content (AvgIpc) is 1.69. The molecule has 2 nitrogen and oxygen atoms in total. The van der Waals surface area contributed by atoms with E-state index in [2.05, 4.69) is 0 Å². The van der Waals surface area contributed by atoms with E-state index in [0.717, 1.165) is 6.42 Å². The van der Waals surface area contributed by atoms with Gasteiger partial charge < -0.3 is 4.74 Å². The molecule has 0 aliphatic rings. The Morgan fingerprint density at radius 3 is 2.25 bits per heavy atom. The zero-order valence-corrected chi connectivity index (χ0v) is 5.60. The first kappa shape index (κ1) is 7.63. The summed E-state index contributed by atoms with van der Waals surface area (Å²) in [7, 11) is 1.55. The maximum absolute atomic E-state index is 10.5. The maximum atomic E-state index is 10.5. The fraction of sp³-hybridized carbons (Fsp3) is 0.833. The van der Waals surface area contributed by atoms with Gasteiger partial charge in [-0.1, -0.05) is 6.92 Å². The van der Waals surface area contributed by atoms with E-state index in [-0.39, 0.29) is 11.9 Å². The molecule has 48 valence electrons. The summed E-state index contributed by atoms with van der Waals surface area (Å²) >= 11 is 0. The van der Waals surface area contributed by atoms with Crippen LogP contribution in [-0.2, 0) is 9.53 Å². The molecule has 0 saturated carbocycles. The predicted octanol–water partition coefficient (Wildman–Crippen LogP) is 1.00. The van der Waals surface area contributed by atoms with Gasteiger partial charge in [-0.15, -0.1) is 0 Å². The number of hydrogen-bond acceptors (Lipinski definition) is 2. The van der Waals surface area contributed by atoms with Crippen LogP contribution in [0.15, 0.2) is 0 Å². The van der Waals surface area contributed by atoms with Gasteiger partial charge in [0, 0.05) is 7.11 Å². The minimum absolute atomic E-state index is 0.106. The van der Waals surface area contributed by atoms with E-state index in [1.54, 1.807) is 7.11 Å². The fourth-order valence-electron chi connectivity index (χ4n) is 0.620. The molecule has 0 heterocycles. The van der Waals surface area contributed by atoms with Crippen LogP contribution in [0.5, 0.6) is 0 Å². The largest absolute Gasteiger partial charge is 0.374 e. The van der Waals surface area contributed by atoms with Gasteiger partial charge in [-0.3, -0.25) is 4.79 Å². The Hall–Kier alpha value is -0.370. The van der Waals surface area contributed by atoms with Crippen molar-refractivity contribution in [1.29, 1.82) is 0 Å². The molecule has 0 aromatic rings. The van der Waals surface area contributed by atoms with Crippen molar-refractivity contribution in [2.45, 2.75) is 26.4 Å². The summed E-state index contributed by atoms with van der Waals surface area (Å²) in [6.07, 6.45) is 0.584. The molecule has 0 bridgehead atoms. The Morgan fingerprint density at radius 1 is 1.75 bits per heavy atom. The van der Waals surface area contributed by atoms with Gasteiger partial charge in [0.15, 0.2) is 5.78 Å². The van der Waals surface area contributed by atoms with Crippen LogP contribution in [0.4, 0.5) is 0 Å². The van der Waals surface area contributed by atoms with E-state index in [9.17, 15) is 4.79 Å². The molecule has 0 saturated heterocycles. The van der Waals surface area contributed by atoms with Gasteiger partial charge in [0.2, 0.25) is 0 Å². The minimum Gasteiger partial charge on any atom is -0.374 e. The summed E-state index contributed by atoms with van der Waals surface area (Å²) in [5.74, 6) is 0.106. The van der Waals surface area contributed by atoms with Crippen LogP contribution in [0.3, 0.4) is 0 Å². The SMILES string of the molecule is CC[C@H](OC)C(C)=O. The summed E-state index contributed by atoms with van der Waals surface area (Å²) in [4.78, 5) is 10.5. The molecule has 0 spiro atoms. The van der Waals surface area contributed by atoms with Crippen molar-refractivity contribution >= 4 is 5.78 Å². The topological polar surface area (TPSA) is 26.3 Å². The van der Waals surface area contributed by atoms with Crippen molar-refractivity contribution in [1.82, 2.24) is 0 Å². The second-order valence-electron chi connectivity index (χ2n) is 1.74. The molecule has 0 unspecified atom stereocenters. The first-order valence-corrected chi connectivity index (χ1v) is 2.75. The van der Waals surface area contributed by atoms with E-state index in [1.165, 1.54) is 6.92 Å². The third-order valence-electron chi connectivity index (χ3n) is 1.11. The number of methoxy groups -OCH3 is 1. The van der Waals surface area contributed by atoms with Crippen LogP contribution < -0.4 is 0 Å². The lowest BCUT2D eigenvalue weighted by Crippen LogP contribution is -2.18. The van der Waals surface area contributed by atoms with E-state index in [4.69, 9.17) is 4.74 Å². The van der Waals surface area contributed by atoms with Gasteiger partial charge in [-0.2, -0.15) is 0 Å². The minimum atomic E-state index is -0.185. The van der Waals surface area contributed by atoms with Crippen molar-refractivity contribution in [2.75, 3.05) is 7.11 Å². The van der Waals surface area contributed by atoms with Crippen molar-refractivity contribution in [3.63, 3.8) is 0 Å². The lowest BCUT2D eigenvalue weighted by Gasteiger charge is -2.06. The van der Waals surface area contributed by atoms with Gasteiger partial charge >= 0.3 is 0 Å². The quantitative estimate of drug-likeness (QED) is 0.550. The Kier molecular flexibility index (Phi) is 3.44. The Bertz CT molecular complexity index is 74.6. The van der Waals surface area contributed by atoms with E-state index < -0.39 is 0 Å². The molecule has 1 atom stereocenters. The highest BCUT2D eigenvalue weighted by molar-refractivity contribution is 5.80. The number of carbonyl (C=O) groups is 1. The van der Waals surface area contributed by atoms with Crippen LogP contribution in [0, 0.1) is 0 Å². The normalized spacial score (nSPS) is 13.4. The molecule has 0 fully saturated rings. The number of ketones is 1. The zero-order valence-electron chi connectivity index (χ0n) is 5.60. The molecule has 0 aromatic heterocycles. The van der Waals surface area contributed by atoms with Crippen molar-refractivity contribution in [3.05, 3.63) is 0 Å². The number of Topliss-reactive ketones (excluding diaryl/α,β-unsaturated/α-hetero) is 1. The Morgan fingerprint density at radius 2 is 2.25 bits per heavy atom. The van der Waals surface area contributed by atoms with Crippen molar-refractivity contribution in [3.8, 4) is 0 Å². The van der Waals surface area contributed by atoms with E-state index in [0.29, 0.717) is 0 Å². The summed E-state index contributed by atoms with van der Waals surface area (Å²) in [6.45, 7) is 3.47. The zero-order chi connectivity index (χ0) is 6.57. The highest BCUT2D eigenvalue weighted by atomic mass is 16.5. The number of carbonyl (C=O) groups excluding carboxylic acids is 1. The molecule has 0 aromatic carbocycles. The average molecular weight is 116 g/mol. The first-order valence-electron chi connectivity index (χ1n) is 2.75. The summed E-state index contributed by atoms with van der Waals surface area (Å²) in [6, 6.07) is 0. The maximum Gasteiger partial charge on any atom is 0.158 e. The number of ether oxygens (including phenoxy) is 1. The Labute approximate surface area is 49.8 Å². The van der Waals surface area contributed by atoms with Gasteiger partial charge in [0.1, 0.15) is 6.10 Å². The second-order valence-corrected chi connectivity index (χ2v) is 1.74. The molecule has 0 radical (unpaired) electrons. The third-order valence-corrected chi connectivity index (χ3v) is 1.11. The van der Waals surface area contributed by atoms with Crippen LogP contribution in [0.25, 0.3) is 0 Å². The third kappa shape index (κ3) is 2.07. The smallest absolute Gasteiger partial charge is 0.158 e. The van der Waals surface area contributed by atoms with Crippen molar-refractivity contribution in [2.24, 2.45) is 0 Å². The number of rotatable bonds is 3. The molecule has 8 heavy (non-hydrogen) atoms. The summed E-state index contributed by atoms with van der Waals surface area (Å²) in [5.41, 5.74) is 0. The molecular formula is C6H12O2. The fourth-order valence-corrected chi connectivity index (χ4v) is 0.620. The van der Waals surface area contributed by atoms with Crippen LogP contribution in [0.1, 0.15) is 20.3 Å². The lowest BCUT2D eigenvalue weighted by molar-refractivity contribution is -0.126.